The summed E-state index contributed by atoms with van der Waals surface area (Å²) in [4.78, 5) is 0. The quantitative estimate of drug-likeness (QED) is 0.580. The summed E-state index contributed by atoms with van der Waals surface area (Å²) in [7, 11) is 0. The Morgan fingerprint density at radius 2 is 1.23 bits per heavy atom. The molecule has 0 saturated heterocycles. The van der Waals surface area contributed by atoms with Crippen LogP contribution in [0.5, 0.6) is 0 Å². The maximum atomic E-state index is 12.6. The summed E-state index contributed by atoms with van der Waals surface area (Å²) in [5.41, 5.74) is 0.558. The molecular formula is C19H25F3. The van der Waals surface area contributed by atoms with Crippen LogP contribution in [0.4, 0.5) is 13.2 Å². The molecule has 3 rings (SSSR count). The van der Waals surface area contributed by atoms with Crippen LogP contribution in [0.15, 0.2) is 24.3 Å². The minimum absolute atomic E-state index is 0.460. The smallest absolute Gasteiger partial charge is 0.166 e. The zero-order valence-corrected chi connectivity index (χ0v) is 13.0. The van der Waals surface area contributed by atoms with Crippen LogP contribution in [-0.2, 0) is 6.18 Å². The van der Waals surface area contributed by atoms with Gasteiger partial charge in [-0.05, 0) is 61.1 Å². The van der Waals surface area contributed by atoms with Gasteiger partial charge in [-0.2, -0.15) is 13.2 Å². The van der Waals surface area contributed by atoms with Crippen molar-refractivity contribution in [2.75, 3.05) is 0 Å². The van der Waals surface area contributed by atoms with Crippen LogP contribution in [0.3, 0.4) is 0 Å². The van der Waals surface area contributed by atoms with Gasteiger partial charge in [-0.15, -0.1) is 0 Å². The van der Waals surface area contributed by atoms with Gasteiger partial charge in [0.15, 0.2) is 0 Å². The number of rotatable bonds is 2. The molecule has 3 heteroatoms. The van der Waals surface area contributed by atoms with E-state index < -0.39 is 11.7 Å². The molecule has 0 spiro atoms. The third kappa shape index (κ3) is 3.67. The summed E-state index contributed by atoms with van der Waals surface area (Å²) in [5.74, 6) is 2.25. The van der Waals surface area contributed by atoms with Gasteiger partial charge in [-0.3, -0.25) is 0 Å². The zero-order valence-electron chi connectivity index (χ0n) is 13.0. The number of halogens is 3. The highest BCUT2D eigenvalue weighted by Crippen LogP contribution is 2.43. The van der Waals surface area contributed by atoms with E-state index in [4.69, 9.17) is 0 Å². The first kappa shape index (κ1) is 15.9. The monoisotopic (exact) mass is 310 g/mol. The molecule has 122 valence electrons. The fourth-order valence-corrected chi connectivity index (χ4v) is 4.47. The van der Waals surface area contributed by atoms with E-state index in [2.05, 4.69) is 0 Å². The lowest BCUT2D eigenvalue weighted by molar-refractivity contribution is -0.137. The maximum absolute atomic E-state index is 12.6. The molecule has 0 aliphatic heterocycles. The number of benzene rings is 1. The van der Waals surface area contributed by atoms with Crippen LogP contribution in [0.2, 0.25) is 0 Å². The first-order valence-electron chi connectivity index (χ1n) is 8.71. The van der Waals surface area contributed by atoms with Crippen molar-refractivity contribution in [2.24, 2.45) is 11.8 Å². The van der Waals surface area contributed by atoms with Gasteiger partial charge in [0.25, 0.3) is 0 Å². The molecule has 2 aliphatic rings. The summed E-state index contributed by atoms with van der Waals surface area (Å²) in [5, 5.41) is 0. The van der Waals surface area contributed by atoms with Crippen LogP contribution < -0.4 is 0 Å². The molecule has 0 N–H and O–H groups in total. The first-order chi connectivity index (χ1) is 10.5. The third-order valence-electron chi connectivity index (χ3n) is 5.80. The fourth-order valence-electron chi connectivity index (χ4n) is 4.47. The molecule has 2 saturated carbocycles. The molecule has 0 radical (unpaired) electrons. The lowest BCUT2D eigenvalue weighted by Gasteiger charge is -2.36. The van der Waals surface area contributed by atoms with Crippen molar-refractivity contribution in [1.29, 1.82) is 0 Å². The Labute approximate surface area is 131 Å². The van der Waals surface area contributed by atoms with Crippen molar-refractivity contribution in [1.82, 2.24) is 0 Å². The molecule has 0 bridgehead atoms. The average Bonchev–Trinajstić information content (AvgIpc) is 2.55. The lowest BCUT2D eigenvalue weighted by Crippen LogP contribution is -2.23. The summed E-state index contributed by atoms with van der Waals surface area (Å²) in [6, 6.07) is 5.86. The van der Waals surface area contributed by atoms with Gasteiger partial charge in [-0.1, -0.05) is 44.2 Å². The van der Waals surface area contributed by atoms with Crippen LogP contribution in [0.25, 0.3) is 0 Å². The predicted molar refractivity (Wildman–Crippen MR) is 82.7 cm³/mol. The zero-order chi connectivity index (χ0) is 15.6. The Morgan fingerprint density at radius 3 is 1.77 bits per heavy atom. The Kier molecular flexibility index (Phi) is 4.79. The molecule has 2 fully saturated rings. The van der Waals surface area contributed by atoms with E-state index >= 15 is 0 Å². The third-order valence-corrected chi connectivity index (χ3v) is 5.80. The minimum Gasteiger partial charge on any atom is -0.166 e. The van der Waals surface area contributed by atoms with E-state index in [1.165, 1.54) is 57.1 Å². The van der Waals surface area contributed by atoms with Gasteiger partial charge in [0.2, 0.25) is 0 Å². The van der Waals surface area contributed by atoms with E-state index in [0.29, 0.717) is 5.92 Å². The van der Waals surface area contributed by atoms with Gasteiger partial charge in [0.1, 0.15) is 0 Å². The highest BCUT2D eigenvalue weighted by Gasteiger charge is 2.31. The van der Waals surface area contributed by atoms with E-state index in [1.807, 2.05) is 0 Å². The van der Waals surface area contributed by atoms with Gasteiger partial charge < -0.3 is 0 Å². The number of hydrogen-bond donors (Lipinski definition) is 0. The Balaban J connectivity index is 1.57. The summed E-state index contributed by atoms with van der Waals surface area (Å²) >= 11 is 0. The standard InChI is InChI=1S/C19H25F3/c20-19(21,22)18-12-10-17(11-13-18)16-8-6-15(7-9-16)14-4-2-1-3-5-14/h10-16H,1-9H2. The summed E-state index contributed by atoms with van der Waals surface area (Å²) < 4.78 is 37.9. The van der Waals surface area contributed by atoms with Gasteiger partial charge in [0, 0.05) is 0 Å². The van der Waals surface area contributed by atoms with E-state index in [0.717, 1.165) is 30.2 Å². The SMILES string of the molecule is FC(F)(F)c1ccc(C2CCC(C3CCCCC3)CC2)cc1. The second-order valence-corrected chi connectivity index (χ2v) is 7.13. The van der Waals surface area contributed by atoms with E-state index in [1.54, 1.807) is 12.1 Å². The highest BCUT2D eigenvalue weighted by molar-refractivity contribution is 5.27. The molecule has 22 heavy (non-hydrogen) atoms. The Bertz CT molecular complexity index is 460. The Hall–Kier alpha value is -0.990. The van der Waals surface area contributed by atoms with E-state index in [-0.39, 0.29) is 0 Å². The van der Waals surface area contributed by atoms with Crippen molar-refractivity contribution in [3.63, 3.8) is 0 Å². The number of alkyl halides is 3. The molecule has 0 amide bonds. The first-order valence-corrected chi connectivity index (χ1v) is 8.71. The molecule has 1 aromatic rings. The van der Waals surface area contributed by atoms with Crippen molar-refractivity contribution < 1.29 is 13.2 Å². The van der Waals surface area contributed by atoms with Crippen molar-refractivity contribution >= 4 is 0 Å². The van der Waals surface area contributed by atoms with Gasteiger partial charge >= 0.3 is 6.18 Å². The fraction of sp³-hybridized carbons (Fsp3) is 0.684. The number of hydrogen-bond acceptors (Lipinski definition) is 0. The lowest BCUT2D eigenvalue weighted by atomic mass is 9.70. The summed E-state index contributed by atoms with van der Waals surface area (Å²) in [6.07, 6.45) is 7.57. The van der Waals surface area contributed by atoms with Crippen LogP contribution in [0.1, 0.15) is 74.8 Å². The topological polar surface area (TPSA) is 0 Å². The van der Waals surface area contributed by atoms with Crippen LogP contribution in [0, 0.1) is 11.8 Å². The van der Waals surface area contributed by atoms with E-state index in [9.17, 15) is 13.2 Å². The summed E-state index contributed by atoms with van der Waals surface area (Å²) in [6.45, 7) is 0. The van der Waals surface area contributed by atoms with Gasteiger partial charge in [-0.25, -0.2) is 0 Å². The molecule has 1 aromatic carbocycles. The molecule has 2 aliphatic carbocycles. The molecule has 0 heterocycles. The van der Waals surface area contributed by atoms with Crippen molar-refractivity contribution in [3.05, 3.63) is 35.4 Å². The van der Waals surface area contributed by atoms with Crippen molar-refractivity contribution in [3.8, 4) is 0 Å². The predicted octanol–water partition coefficient (Wildman–Crippen LogP) is 6.56. The minimum atomic E-state index is -4.23. The van der Waals surface area contributed by atoms with Gasteiger partial charge in [0.05, 0.1) is 5.56 Å². The Morgan fingerprint density at radius 1 is 0.682 bits per heavy atom. The largest absolute Gasteiger partial charge is 0.416 e. The molecule has 0 nitrogen and oxygen atoms in total. The molecule has 0 aromatic heterocycles. The second kappa shape index (κ2) is 6.64. The van der Waals surface area contributed by atoms with Crippen LogP contribution >= 0.6 is 0 Å². The van der Waals surface area contributed by atoms with Crippen LogP contribution in [-0.4, -0.2) is 0 Å². The van der Waals surface area contributed by atoms with Crippen molar-refractivity contribution in [2.45, 2.75) is 69.9 Å². The molecule has 0 atom stereocenters. The maximum Gasteiger partial charge on any atom is 0.416 e. The normalized spacial score (nSPS) is 27.8. The molecule has 0 unspecified atom stereocenters. The average molecular weight is 310 g/mol. The molecular weight excluding hydrogens is 285 g/mol. The second-order valence-electron chi connectivity index (χ2n) is 7.13. The highest BCUT2D eigenvalue weighted by atomic mass is 19.4.